The van der Waals surface area contributed by atoms with Gasteiger partial charge in [-0.25, -0.2) is 5.48 Å². The summed E-state index contributed by atoms with van der Waals surface area (Å²) in [4.78, 5) is 14.0. The molecule has 0 rings (SSSR count). The van der Waals surface area contributed by atoms with Gasteiger partial charge in [-0.3, -0.25) is 9.63 Å². The van der Waals surface area contributed by atoms with Gasteiger partial charge in [-0.05, 0) is 6.42 Å². The van der Waals surface area contributed by atoms with E-state index in [1.54, 1.807) is 0 Å². The third-order valence-electron chi connectivity index (χ3n) is 1.01. The fraction of sp³-hybridized carbons (Fsp3) is 0.833. The van der Waals surface area contributed by atoms with Crippen LogP contribution in [0.5, 0.6) is 0 Å². The van der Waals surface area contributed by atoms with Crippen LogP contribution in [0.3, 0.4) is 0 Å². The van der Waals surface area contributed by atoms with E-state index in [-0.39, 0.29) is 19.4 Å². The molecule has 0 bridgehead atoms. The van der Waals surface area contributed by atoms with E-state index in [1.807, 2.05) is 5.48 Å². The van der Waals surface area contributed by atoms with Crippen LogP contribution in [0.2, 0.25) is 0 Å². The van der Waals surface area contributed by atoms with Gasteiger partial charge < -0.3 is 5.11 Å². The maximum absolute atomic E-state index is 11.4. The standard InChI is InChI=1S/C6H10F3NO3/c7-6(8,9)4-13-10-3-1-2-5(11)12/h10H,1-4H2,(H,11,12). The predicted molar refractivity (Wildman–Crippen MR) is 36.9 cm³/mol. The molecule has 0 fully saturated rings. The Bertz CT molecular complexity index is 160. The summed E-state index contributed by atoms with van der Waals surface area (Å²) in [5.41, 5.74) is 2.01. The third-order valence-corrected chi connectivity index (χ3v) is 1.01. The molecule has 78 valence electrons. The van der Waals surface area contributed by atoms with E-state index in [2.05, 4.69) is 4.84 Å². The highest BCUT2D eigenvalue weighted by Crippen LogP contribution is 2.13. The van der Waals surface area contributed by atoms with Crippen molar-refractivity contribution in [3.05, 3.63) is 0 Å². The van der Waals surface area contributed by atoms with Crippen LogP contribution in [0.25, 0.3) is 0 Å². The molecule has 0 saturated carbocycles. The van der Waals surface area contributed by atoms with Crippen molar-refractivity contribution in [3.63, 3.8) is 0 Å². The molecule has 0 aromatic rings. The van der Waals surface area contributed by atoms with E-state index in [1.165, 1.54) is 0 Å². The summed E-state index contributed by atoms with van der Waals surface area (Å²) < 4.78 is 34.3. The maximum atomic E-state index is 11.4. The van der Waals surface area contributed by atoms with Gasteiger partial charge in [-0.2, -0.15) is 13.2 Å². The fourth-order valence-electron chi connectivity index (χ4n) is 0.517. The molecule has 0 radical (unpaired) electrons. The topological polar surface area (TPSA) is 58.6 Å². The normalized spacial score (nSPS) is 11.6. The van der Waals surface area contributed by atoms with E-state index >= 15 is 0 Å². The Morgan fingerprint density at radius 1 is 1.46 bits per heavy atom. The summed E-state index contributed by atoms with van der Waals surface area (Å²) in [6.07, 6.45) is -4.23. The van der Waals surface area contributed by atoms with Crippen molar-refractivity contribution in [1.29, 1.82) is 0 Å². The van der Waals surface area contributed by atoms with Gasteiger partial charge >= 0.3 is 12.1 Å². The minimum atomic E-state index is -4.36. The molecule has 0 aliphatic heterocycles. The number of alkyl halides is 3. The second-order valence-electron chi connectivity index (χ2n) is 2.30. The molecule has 7 heteroatoms. The van der Waals surface area contributed by atoms with Crippen molar-refractivity contribution in [1.82, 2.24) is 5.48 Å². The Morgan fingerprint density at radius 3 is 2.54 bits per heavy atom. The van der Waals surface area contributed by atoms with Crippen molar-refractivity contribution in [2.75, 3.05) is 13.2 Å². The fourth-order valence-corrected chi connectivity index (χ4v) is 0.517. The van der Waals surface area contributed by atoms with Gasteiger partial charge in [-0.15, -0.1) is 0 Å². The highest BCUT2D eigenvalue weighted by Gasteiger charge is 2.27. The van der Waals surface area contributed by atoms with E-state index in [0.29, 0.717) is 0 Å². The number of carboxylic acids is 1. The molecule has 0 aromatic carbocycles. The zero-order valence-electron chi connectivity index (χ0n) is 6.73. The van der Waals surface area contributed by atoms with Gasteiger partial charge in [0.2, 0.25) is 0 Å². The monoisotopic (exact) mass is 201 g/mol. The zero-order chi connectivity index (χ0) is 10.3. The van der Waals surface area contributed by atoms with Gasteiger partial charge in [0.25, 0.3) is 0 Å². The average molecular weight is 201 g/mol. The largest absolute Gasteiger partial charge is 0.481 e. The summed E-state index contributed by atoms with van der Waals surface area (Å²) in [6, 6.07) is 0. The summed E-state index contributed by atoms with van der Waals surface area (Å²) >= 11 is 0. The zero-order valence-corrected chi connectivity index (χ0v) is 6.73. The quantitative estimate of drug-likeness (QED) is 0.496. The van der Waals surface area contributed by atoms with Gasteiger partial charge in [-0.1, -0.05) is 0 Å². The SMILES string of the molecule is O=C(O)CCCNOCC(F)(F)F. The van der Waals surface area contributed by atoms with Crippen LogP contribution in [0, 0.1) is 0 Å². The molecular weight excluding hydrogens is 191 g/mol. The Kier molecular flexibility index (Phi) is 5.40. The molecule has 4 nitrogen and oxygen atoms in total. The minimum Gasteiger partial charge on any atom is -0.481 e. The molecule has 2 N–H and O–H groups in total. The van der Waals surface area contributed by atoms with Gasteiger partial charge in [0, 0.05) is 13.0 Å². The molecule has 0 unspecified atom stereocenters. The molecule has 0 spiro atoms. The third kappa shape index (κ3) is 11.2. The number of hydrogen-bond donors (Lipinski definition) is 2. The molecule has 0 heterocycles. The van der Waals surface area contributed by atoms with Crippen molar-refractivity contribution < 1.29 is 27.9 Å². The smallest absolute Gasteiger partial charge is 0.413 e. The molecule has 0 aromatic heterocycles. The van der Waals surface area contributed by atoms with Gasteiger partial charge in [0.05, 0.1) is 0 Å². The Labute approximate surface area is 72.6 Å². The van der Waals surface area contributed by atoms with Crippen molar-refractivity contribution >= 4 is 5.97 Å². The second-order valence-corrected chi connectivity index (χ2v) is 2.30. The number of carbonyl (C=O) groups is 1. The first-order valence-electron chi connectivity index (χ1n) is 3.55. The molecular formula is C6H10F3NO3. The summed E-state index contributed by atoms with van der Waals surface area (Å²) in [7, 11) is 0. The summed E-state index contributed by atoms with van der Waals surface area (Å²) in [5.74, 6) is -0.988. The average Bonchev–Trinajstić information content (AvgIpc) is 1.93. The Morgan fingerprint density at radius 2 is 2.08 bits per heavy atom. The van der Waals surface area contributed by atoms with E-state index in [0.717, 1.165) is 0 Å². The molecule has 0 atom stereocenters. The summed E-state index contributed by atoms with van der Waals surface area (Å²) in [5, 5.41) is 8.15. The van der Waals surface area contributed by atoms with Crippen LogP contribution in [-0.2, 0) is 9.63 Å². The number of nitrogens with one attached hydrogen (secondary N) is 1. The van der Waals surface area contributed by atoms with Crippen molar-refractivity contribution in [3.8, 4) is 0 Å². The van der Waals surface area contributed by atoms with Crippen molar-refractivity contribution in [2.45, 2.75) is 19.0 Å². The first-order chi connectivity index (χ1) is 5.92. The van der Waals surface area contributed by atoms with E-state index in [9.17, 15) is 18.0 Å². The minimum absolute atomic E-state index is 0.0857. The van der Waals surface area contributed by atoms with Crippen LogP contribution in [0.1, 0.15) is 12.8 Å². The maximum Gasteiger partial charge on any atom is 0.413 e. The lowest BCUT2D eigenvalue weighted by Crippen LogP contribution is -2.25. The van der Waals surface area contributed by atoms with Crippen LogP contribution in [-0.4, -0.2) is 30.4 Å². The number of halogens is 3. The number of hydrogen-bond acceptors (Lipinski definition) is 3. The van der Waals surface area contributed by atoms with E-state index in [4.69, 9.17) is 5.11 Å². The van der Waals surface area contributed by atoms with Gasteiger partial charge in [0.1, 0.15) is 0 Å². The second kappa shape index (κ2) is 5.76. The van der Waals surface area contributed by atoms with Crippen LogP contribution in [0.15, 0.2) is 0 Å². The Hall–Kier alpha value is -0.820. The molecule has 0 amide bonds. The van der Waals surface area contributed by atoms with Crippen LogP contribution >= 0.6 is 0 Å². The predicted octanol–water partition coefficient (Wildman–Crippen LogP) is 0.935. The number of rotatable bonds is 6. The van der Waals surface area contributed by atoms with Gasteiger partial charge in [0.15, 0.2) is 6.61 Å². The number of hydroxylamine groups is 1. The number of carboxylic acid groups (broad SMARTS) is 1. The lowest BCUT2D eigenvalue weighted by atomic mass is 10.3. The van der Waals surface area contributed by atoms with Crippen LogP contribution < -0.4 is 5.48 Å². The molecule has 0 saturated heterocycles. The summed E-state index contributed by atoms with van der Waals surface area (Å²) in [6.45, 7) is -1.29. The molecule has 0 aliphatic rings. The number of aliphatic carboxylic acids is 1. The molecule has 13 heavy (non-hydrogen) atoms. The van der Waals surface area contributed by atoms with Crippen LogP contribution in [0.4, 0.5) is 13.2 Å². The first kappa shape index (κ1) is 12.2. The first-order valence-corrected chi connectivity index (χ1v) is 3.55. The van der Waals surface area contributed by atoms with Crippen molar-refractivity contribution in [2.24, 2.45) is 0 Å². The lowest BCUT2D eigenvalue weighted by Gasteiger charge is -2.07. The lowest BCUT2D eigenvalue weighted by molar-refractivity contribution is -0.189. The highest BCUT2D eigenvalue weighted by molar-refractivity contribution is 5.66. The Balaban J connectivity index is 3.13. The van der Waals surface area contributed by atoms with E-state index < -0.39 is 18.8 Å². The molecule has 0 aliphatic carbocycles. The highest BCUT2D eigenvalue weighted by atomic mass is 19.4.